The molecule has 3 heterocycles. The number of sulfone groups is 1. The first-order chi connectivity index (χ1) is 19.1. The highest BCUT2D eigenvalue weighted by molar-refractivity contribution is 7.90. The lowest BCUT2D eigenvalue weighted by Crippen LogP contribution is -2.39. The van der Waals surface area contributed by atoms with Crippen molar-refractivity contribution in [2.24, 2.45) is 0 Å². The Morgan fingerprint density at radius 2 is 1.93 bits per heavy atom. The molecule has 0 radical (unpaired) electrons. The number of imidazole rings is 1. The van der Waals surface area contributed by atoms with Gasteiger partial charge in [-0.1, -0.05) is 0 Å². The zero-order valence-electron chi connectivity index (χ0n) is 22.5. The maximum atomic E-state index is 14.0. The van der Waals surface area contributed by atoms with E-state index in [0.717, 1.165) is 11.9 Å². The van der Waals surface area contributed by atoms with Gasteiger partial charge in [-0.2, -0.15) is 5.10 Å². The third-order valence-corrected chi connectivity index (χ3v) is 7.69. The molecule has 0 bridgehead atoms. The zero-order chi connectivity index (χ0) is 28.6. The van der Waals surface area contributed by atoms with Crippen molar-refractivity contribution in [3.8, 4) is 11.4 Å². The number of hydrogen-bond acceptors (Lipinski definition) is 8. The van der Waals surface area contributed by atoms with Crippen molar-refractivity contribution in [2.75, 3.05) is 43.8 Å². The van der Waals surface area contributed by atoms with Gasteiger partial charge in [0.05, 0.1) is 24.9 Å². The van der Waals surface area contributed by atoms with Gasteiger partial charge in [0, 0.05) is 56.2 Å². The standard InChI is InChI=1S/C27H29N7O5S/c1-32(2)17-5-7-18(8-6-17)33-14-11-20-24(27(33)36)34(31-26(20)40(4,37)38)22-10-9-19(39-3)15-21(22)25(35)30-16-23-28-12-13-29-23/h5-10,12-13,15H,11,14,16H2,1-4H3,(H,28,29)(H,30,35). The molecule has 0 saturated heterocycles. The average molecular weight is 564 g/mol. The molecule has 1 aliphatic heterocycles. The molecule has 2 amide bonds. The maximum absolute atomic E-state index is 14.0. The van der Waals surface area contributed by atoms with Crippen LogP contribution in [0.4, 0.5) is 11.4 Å². The van der Waals surface area contributed by atoms with Crippen molar-refractivity contribution in [2.45, 2.75) is 18.0 Å². The SMILES string of the molecule is COc1ccc(-n2nc(S(C)(=O)=O)c3c2C(=O)N(c2ccc(N(C)C)cc2)CC3)c(C(=O)NCc2ncc[nH]2)c1. The Hall–Kier alpha value is -4.65. The highest BCUT2D eigenvalue weighted by Gasteiger charge is 2.36. The van der Waals surface area contributed by atoms with Crippen LogP contribution >= 0.6 is 0 Å². The van der Waals surface area contributed by atoms with Crippen LogP contribution in [0.3, 0.4) is 0 Å². The summed E-state index contributed by atoms with van der Waals surface area (Å²) in [6.07, 6.45) is 4.55. The molecule has 4 aromatic rings. The number of amides is 2. The summed E-state index contributed by atoms with van der Waals surface area (Å²) in [4.78, 5) is 37.9. The van der Waals surface area contributed by atoms with E-state index in [-0.39, 0.29) is 41.5 Å². The van der Waals surface area contributed by atoms with Gasteiger partial charge in [-0.15, -0.1) is 0 Å². The largest absolute Gasteiger partial charge is 0.497 e. The number of aromatic amines is 1. The van der Waals surface area contributed by atoms with E-state index in [1.807, 2.05) is 43.3 Å². The quantitative estimate of drug-likeness (QED) is 0.332. The Morgan fingerprint density at radius 3 is 2.55 bits per heavy atom. The average Bonchev–Trinajstić information content (AvgIpc) is 3.60. The summed E-state index contributed by atoms with van der Waals surface area (Å²) in [6, 6.07) is 12.2. The molecule has 208 valence electrons. The van der Waals surface area contributed by atoms with Crippen molar-refractivity contribution < 1.29 is 22.7 Å². The summed E-state index contributed by atoms with van der Waals surface area (Å²) in [5.41, 5.74) is 2.45. The number of ether oxygens (including phenoxy) is 1. The fraction of sp³-hybridized carbons (Fsp3) is 0.259. The smallest absolute Gasteiger partial charge is 0.277 e. The molecule has 12 nitrogen and oxygen atoms in total. The van der Waals surface area contributed by atoms with Crippen LogP contribution in [0.5, 0.6) is 5.75 Å². The van der Waals surface area contributed by atoms with Gasteiger partial charge in [-0.3, -0.25) is 9.59 Å². The molecule has 40 heavy (non-hydrogen) atoms. The number of carbonyl (C=O) groups excluding carboxylic acids is 2. The van der Waals surface area contributed by atoms with E-state index < -0.39 is 21.7 Å². The number of aromatic nitrogens is 4. The predicted octanol–water partition coefficient (Wildman–Crippen LogP) is 2.21. The van der Waals surface area contributed by atoms with E-state index in [1.54, 1.807) is 29.4 Å². The Balaban J connectivity index is 1.61. The van der Waals surface area contributed by atoms with Crippen LogP contribution in [-0.4, -0.2) is 74.0 Å². The van der Waals surface area contributed by atoms with E-state index in [9.17, 15) is 18.0 Å². The third kappa shape index (κ3) is 5.02. The lowest BCUT2D eigenvalue weighted by molar-refractivity contribution is 0.0944. The summed E-state index contributed by atoms with van der Waals surface area (Å²) in [5.74, 6) is 0.0683. The molecule has 0 fully saturated rings. The van der Waals surface area contributed by atoms with Crippen molar-refractivity contribution in [3.63, 3.8) is 0 Å². The van der Waals surface area contributed by atoms with E-state index >= 15 is 0 Å². The van der Waals surface area contributed by atoms with E-state index in [4.69, 9.17) is 4.74 Å². The van der Waals surface area contributed by atoms with Crippen molar-refractivity contribution in [1.29, 1.82) is 0 Å². The number of methoxy groups -OCH3 is 1. The summed E-state index contributed by atoms with van der Waals surface area (Å²) in [6.45, 7) is 0.407. The highest BCUT2D eigenvalue weighted by atomic mass is 32.2. The van der Waals surface area contributed by atoms with Crippen LogP contribution in [0.25, 0.3) is 5.69 Å². The molecule has 13 heteroatoms. The molecule has 0 spiro atoms. The van der Waals surface area contributed by atoms with Gasteiger partial charge in [0.1, 0.15) is 17.3 Å². The molecule has 2 aromatic carbocycles. The highest BCUT2D eigenvalue weighted by Crippen LogP contribution is 2.33. The number of nitrogens with zero attached hydrogens (tertiary/aromatic N) is 5. The second kappa shape index (κ2) is 10.5. The molecular formula is C27H29N7O5S. The predicted molar refractivity (Wildman–Crippen MR) is 149 cm³/mol. The summed E-state index contributed by atoms with van der Waals surface area (Å²) in [7, 11) is 1.54. The number of nitrogens with one attached hydrogen (secondary N) is 2. The van der Waals surface area contributed by atoms with Crippen LogP contribution in [0.1, 0.15) is 32.2 Å². The van der Waals surface area contributed by atoms with E-state index in [2.05, 4.69) is 20.4 Å². The molecule has 2 aromatic heterocycles. The number of carbonyl (C=O) groups is 2. The third-order valence-electron chi connectivity index (χ3n) is 6.66. The van der Waals surface area contributed by atoms with E-state index in [0.29, 0.717) is 22.8 Å². The van der Waals surface area contributed by atoms with Gasteiger partial charge in [0.15, 0.2) is 14.9 Å². The fourth-order valence-electron chi connectivity index (χ4n) is 4.64. The molecule has 0 unspecified atom stereocenters. The number of anilines is 2. The second-order valence-corrected chi connectivity index (χ2v) is 11.5. The molecule has 0 atom stereocenters. The summed E-state index contributed by atoms with van der Waals surface area (Å²) >= 11 is 0. The Morgan fingerprint density at radius 1 is 1.18 bits per heavy atom. The van der Waals surface area contributed by atoms with Gasteiger partial charge >= 0.3 is 0 Å². The Kier molecular flexibility index (Phi) is 7.06. The minimum atomic E-state index is -3.78. The number of fused-ring (bicyclic) bond motifs is 1. The molecule has 1 aliphatic rings. The first-order valence-corrected chi connectivity index (χ1v) is 14.3. The number of rotatable bonds is 8. The van der Waals surface area contributed by atoms with Crippen LogP contribution in [-0.2, 0) is 22.8 Å². The van der Waals surface area contributed by atoms with Crippen molar-refractivity contribution >= 4 is 33.0 Å². The number of benzene rings is 2. The van der Waals surface area contributed by atoms with Crippen LogP contribution < -0.4 is 19.9 Å². The molecule has 0 saturated carbocycles. The summed E-state index contributed by atoms with van der Waals surface area (Å²) in [5, 5.41) is 7.00. The molecule has 2 N–H and O–H groups in total. The van der Waals surface area contributed by atoms with Gasteiger partial charge in [-0.05, 0) is 48.9 Å². The topological polar surface area (TPSA) is 143 Å². The van der Waals surface area contributed by atoms with Gasteiger partial charge in [0.25, 0.3) is 11.8 Å². The minimum absolute atomic E-state index is 0.0913. The first-order valence-electron chi connectivity index (χ1n) is 12.4. The Bertz CT molecular complexity index is 1680. The normalized spacial score (nSPS) is 13.2. The van der Waals surface area contributed by atoms with Gasteiger partial charge in [0.2, 0.25) is 0 Å². The maximum Gasteiger partial charge on any atom is 0.277 e. The first kappa shape index (κ1) is 26.9. The van der Waals surface area contributed by atoms with Crippen molar-refractivity contribution in [1.82, 2.24) is 25.1 Å². The number of hydrogen-bond donors (Lipinski definition) is 2. The lowest BCUT2D eigenvalue weighted by Gasteiger charge is -2.28. The molecule has 0 aliphatic carbocycles. The molecule has 5 rings (SSSR count). The lowest BCUT2D eigenvalue weighted by atomic mass is 10.0. The number of H-pyrrole nitrogens is 1. The fourth-order valence-corrected chi connectivity index (χ4v) is 5.52. The van der Waals surface area contributed by atoms with Gasteiger partial charge in [-0.25, -0.2) is 18.1 Å². The van der Waals surface area contributed by atoms with E-state index in [1.165, 1.54) is 17.9 Å². The second-order valence-electron chi connectivity index (χ2n) is 9.54. The summed E-state index contributed by atoms with van der Waals surface area (Å²) < 4.78 is 32.1. The monoisotopic (exact) mass is 563 g/mol. The Labute approximate surface area is 231 Å². The minimum Gasteiger partial charge on any atom is -0.497 e. The molecular weight excluding hydrogens is 534 g/mol. The van der Waals surface area contributed by atoms with Crippen LogP contribution in [0.15, 0.2) is 59.9 Å². The van der Waals surface area contributed by atoms with Crippen LogP contribution in [0, 0.1) is 0 Å². The van der Waals surface area contributed by atoms with Gasteiger partial charge < -0.3 is 24.8 Å². The zero-order valence-corrected chi connectivity index (χ0v) is 23.3. The van der Waals surface area contributed by atoms with Crippen molar-refractivity contribution in [3.05, 3.63) is 77.5 Å². The van der Waals surface area contributed by atoms with Crippen LogP contribution in [0.2, 0.25) is 0 Å².